The second-order valence-corrected chi connectivity index (χ2v) is 5.95. The van der Waals surface area contributed by atoms with Crippen LogP contribution in [0.1, 0.15) is 34.2 Å². The SMILES string of the molecule is COc1cc(C)c2c(c1)C1Cc3ccccc3C1N2C. The first-order valence-corrected chi connectivity index (χ1v) is 7.20. The maximum atomic E-state index is 5.46. The molecule has 2 heteroatoms. The third-order valence-corrected chi connectivity index (χ3v) is 4.90. The summed E-state index contributed by atoms with van der Waals surface area (Å²) in [5.41, 5.74) is 7.16. The number of ether oxygens (including phenoxy) is 1. The molecule has 1 aliphatic carbocycles. The normalized spacial score (nSPS) is 22.4. The van der Waals surface area contributed by atoms with Gasteiger partial charge in [-0.15, -0.1) is 0 Å². The molecule has 102 valence electrons. The Morgan fingerprint density at radius 1 is 1.15 bits per heavy atom. The molecular formula is C18H19NO. The van der Waals surface area contributed by atoms with Crippen LogP contribution in [0.5, 0.6) is 5.75 Å². The predicted molar refractivity (Wildman–Crippen MR) is 81.8 cm³/mol. The molecule has 2 aromatic carbocycles. The van der Waals surface area contributed by atoms with Crippen molar-refractivity contribution < 1.29 is 4.74 Å². The molecule has 0 aromatic heterocycles. The zero-order valence-corrected chi connectivity index (χ0v) is 12.2. The van der Waals surface area contributed by atoms with E-state index in [4.69, 9.17) is 4.74 Å². The standard InChI is InChI=1S/C18H19NO/c1-11-8-13(20-3)10-16-15-9-12-6-4-5-7-14(12)18(15)19(2)17(11)16/h4-8,10,15,18H,9H2,1-3H3. The fourth-order valence-electron chi connectivity index (χ4n) is 4.13. The van der Waals surface area contributed by atoms with Gasteiger partial charge in [0.05, 0.1) is 13.2 Å². The van der Waals surface area contributed by atoms with Crippen LogP contribution < -0.4 is 9.64 Å². The lowest BCUT2D eigenvalue weighted by Crippen LogP contribution is -2.20. The zero-order valence-electron chi connectivity index (χ0n) is 12.2. The van der Waals surface area contributed by atoms with E-state index in [0.29, 0.717) is 12.0 Å². The van der Waals surface area contributed by atoms with E-state index in [0.717, 1.165) is 12.2 Å². The highest BCUT2D eigenvalue weighted by Gasteiger charge is 2.43. The van der Waals surface area contributed by atoms with Crippen molar-refractivity contribution in [3.63, 3.8) is 0 Å². The van der Waals surface area contributed by atoms with Gasteiger partial charge < -0.3 is 9.64 Å². The Labute approximate surface area is 120 Å². The molecule has 2 atom stereocenters. The molecule has 0 amide bonds. The van der Waals surface area contributed by atoms with Crippen LogP contribution in [-0.2, 0) is 6.42 Å². The third kappa shape index (κ3) is 1.39. The molecule has 0 spiro atoms. The van der Waals surface area contributed by atoms with Crippen LogP contribution in [0.15, 0.2) is 36.4 Å². The number of nitrogens with zero attached hydrogens (tertiary/aromatic N) is 1. The Morgan fingerprint density at radius 2 is 1.95 bits per heavy atom. The summed E-state index contributed by atoms with van der Waals surface area (Å²) in [6, 6.07) is 13.7. The minimum Gasteiger partial charge on any atom is -0.497 e. The number of methoxy groups -OCH3 is 1. The van der Waals surface area contributed by atoms with Gasteiger partial charge in [-0.3, -0.25) is 0 Å². The number of fused-ring (bicyclic) bond motifs is 5. The summed E-state index contributed by atoms with van der Waals surface area (Å²) >= 11 is 0. The summed E-state index contributed by atoms with van der Waals surface area (Å²) in [5.74, 6) is 1.55. The molecule has 4 rings (SSSR count). The molecule has 2 aliphatic rings. The monoisotopic (exact) mass is 265 g/mol. The molecule has 2 nitrogen and oxygen atoms in total. The lowest BCUT2D eigenvalue weighted by molar-refractivity contribution is 0.413. The number of rotatable bonds is 1. The first-order valence-electron chi connectivity index (χ1n) is 7.20. The molecule has 1 aliphatic heterocycles. The molecule has 0 radical (unpaired) electrons. The number of hydrogen-bond acceptors (Lipinski definition) is 2. The van der Waals surface area contributed by atoms with Crippen LogP contribution in [0.25, 0.3) is 0 Å². The van der Waals surface area contributed by atoms with Gasteiger partial charge in [-0.1, -0.05) is 24.3 Å². The summed E-state index contributed by atoms with van der Waals surface area (Å²) in [6.07, 6.45) is 1.14. The second-order valence-electron chi connectivity index (χ2n) is 5.95. The number of hydrogen-bond donors (Lipinski definition) is 0. The van der Waals surface area contributed by atoms with Crippen molar-refractivity contribution in [2.45, 2.75) is 25.3 Å². The van der Waals surface area contributed by atoms with Crippen molar-refractivity contribution in [1.29, 1.82) is 0 Å². The van der Waals surface area contributed by atoms with E-state index in [1.807, 2.05) is 0 Å². The molecule has 2 aromatic rings. The van der Waals surface area contributed by atoms with E-state index < -0.39 is 0 Å². The van der Waals surface area contributed by atoms with Crippen molar-refractivity contribution in [2.24, 2.45) is 0 Å². The largest absolute Gasteiger partial charge is 0.497 e. The third-order valence-electron chi connectivity index (χ3n) is 4.90. The van der Waals surface area contributed by atoms with Gasteiger partial charge in [-0.05, 0) is 47.7 Å². The van der Waals surface area contributed by atoms with Crippen LogP contribution in [-0.4, -0.2) is 14.2 Å². The molecule has 0 fully saturated rings. The number of anilines is 1. The molecular weight excluding hydrogens is 246 g/mol. The van der Waals surface area contributed by atoms with Gasteiger partial charge in [0, 0.05) is 18.7 Å². The van der Waals surface area contributed by atoms with Crippen molar-refractivity contribution >= 4 is 5.69 Å². The highest BCUT2D eigenvalue weighted by Crippen LogP contribution is 2.56. The predicted octanol–water partition coefficient (Wildman–Crippen LogP) is 3.83. The summed E-state index contributed by atoms with van der Waals surface area (Å²) in [6.45, 7) is 2.19. The molecule has 20 heavy (non-hydrogen) atoms. The number of likely N-dealkylation sites (N-methyl/N-ethyl adjacent to an activating group) is 1. The molecule has 0 saturated carbocycles. The number of benzene rings is 2. The summed E-state index contributed by atoms with van der Waals surface area (Å²) in [7, 11) is 3.98. The lowest BCUT2D eigenvalue weighted by Gasteiger charge is -2.24. The minimum atomic E-state index is 0.493. The molecule has 2 unspecified atom stereocenters. The van der Waals surface area contributed by atoms with E-state index in [-0.39, 0.29) is 0 Å². The van der Waals surface area contributed by atoms with Gasteiger partial charge in [0.2, 0.25) is 0 Å². The highest BCUT2D eigenvalue weighted by molar-refractivity contribution is 5.70. The van der Waals surface area contributed by atoms with Crippen molar-refractivity contribution in [1.82, 2.24) is 0 Å². The Kier molecular flexibility index (Phi) is 2.38. The van der Waals surface area contributed by atoms with Crippen LogP contribution >= 0.6 is 0 Å². The first kappa shape index (κ1) is 11.8. The Bertz CT molecular complexity index is 692. The average Bonchev–Trinajstić information content (AvgIpc) is 2.96. The van der Waals surface area contributed by atoms with Gasteiger partial charge in [0.1, 0.15) is 5.75 Å². The zero-order chi connectivity index (χ0) is 13.9. The van der Waals surface area contributed by atoms with Gasteiger partial charge in [-0.2, -0.15) is 0 Å². The Morgan fingerprint density at radius 3 is 2.75 bits per heavy atom. The van der Waals surface area contributed by atoms with Gasteiger partial charge >= 0.3 is 0 Å². The van der Waals surface area contributed by atoms with Crippen molar-refractivity contribution in [3.05, 3.63) is 58.7 Å². The van der Waals surface area contributed by atoms with Gasteiger partial charge in [0.25, 0.3) is 0 Å². The summed E-state index contributed by atoms with van der Waals surface area (Å²) in [4.78, 5) is 2.46. The summed E-state index contributed by atoms with van der Waals surface area (Å²) in [5, 5.41) is 0. The minimum absolute atomic E-state index is 0.493. The van der Waals surface area contributed by atoms with E-state index in [1.54, 1.807) is 7.11 Å². The lowest BCUT2D eigenvalue weighted by atomic mass is 9.94. The molecule has 0 N–H and O–H groups in total. The van der Waals surface area contributed by atoms with Crippen LogP contribution in [0, 0.1) is 6.92 Å². The highest BCUT2D eigenvalue weighted by atomic mass is 16.5. The van der Waals surface area contributed by atoms with E-state index >= 15 is 0 Å². The van der Waals surface area contributed by atoms with E-state index in [2.05, 4.69) is 55.3 Å². The fourth-order valence-corrected chi connectivity index (χ4v) is 4.13. The Hall–Kier alpha value is -1.96. The first-order chi connectivity index (χ1) is 9.70. The van der Waals surface area contributed by atoms with Crippen LogP contribution in [0.3, 0.4) is 0 Å². The van der Waals surface area contributed by atoms with Gasteiger partial charge in [0.15, 0.2) is 0 Å². The quantitative estimate of drug-likeness (QED) is 0.777. The summed E-state index contributed by atoms with van der Waals surface area (Å²) < 4.78 is 5.46. The fraction of sp³-hybridized carbons (Fsp3) is 0.333. The smallest absolute Gasteiger partial charge is 0.119 e. The number of aryl methyl sites for hydroxylation is 1. The molecule has 0 bridgehead atoms. The van der Waals surface area contributed by atoms with Crippen molar-refractivity contribution in [3.8, 4) is 5.75 Å². The van der Waals surface area contributed by atoms with E-state index in [1.165, 1.54) is 27.9 Å². The second kappa shape index (κ2) is 4.02. The van der Waals surface area contributed by atoms with Crippen LogP contribution in [0.4, 0.5) is 5.69 Å². The Balaban J connectivity index is 1.89. The molecule has 1 heterocycles. The topological polar surface area (TPSA) is 12.5 Å². The van der Waals surface area contributed by atoms with Crippen LogP contribution in [0.2, 0.25) is 0 Å². The van der Waals surface area contributed by atoms with Gasteiger partial charge in [-0.25, -0.2) is 0 Å². The maximum absolute atomic E-state index is 5.46. The van der Waals surface area contributed by atoms with Crippen molar-refractivity contribution in [2.75, 3.05) is 19.1 Å². The molecule has 0 saturated heterocycles. The maximum Gasteiger partial charge on any atom is 0.119 e. The van der Waals surface area contributed by atoms with E-state index in [9.17, 15) is 0 Å². The average molecular weight is 265 g/mol.